The number of rotatable bonds is 7. The Morgan fingerprint density at radius 2 is 1.57 bits per heavy atom. The second-order valence-corrected chi connectivity index (χ2v) is 12.4. The van der Waals surface area contributed by atoms with Gasteiger partial charge in [-0.2, -0.15) is 25.9 Å². The molecule has 17 heteroatoms. The highest BCUT2D eigenvalue weighted by Crippen LogP contribution is 2.31. The van der Waals surface area contributed by atoms with Crippen LogP contribution in [-0.4, -0.2) is 85.0 Å². The topological polar surface area (TPSA) is 148 Å². The number of ketones is 1. The molecule has 0 saturated carbocycles. The zero-order valence-electron chi connectivity index (χ0n) is 24.6. The molecule has 0 unspecified atom stereocenters. The second kappa shape index (κ2) is 13.6. The number of halogens is 5. The Balaban J connectivity index is 0.000000559. The number of aromatic nitrogens is 2. The molecule has 4 aromatic rings. The lowest BCUT2D eigenvalue weighted by molar-refractivity contribution is -0.192. The Bertz CT molecular complexity index is 1890. The first-order chi connectivity index (χ1) is 22.3. The van der Waals surface area contributed by atoms with E-state index in [1.54, 1.807) is 12.3 Å². The van der Waals surface area contributed by atoms with E-state index in [2.05, 4.69) is 24.9 Å². The zero-order valence-corrected chi connectivity index (χ0v) is 25.4. The number of carbonyl (C=O) groups excluding carboxylic acids is 1. The van der Waals surface area contributed by atoms with Gasteiger partial charge in [-0.25, -0.2) is 18.6 Å². The van der Waals surface area contributed by atoms with Crippen molar-refractivity contribution >= 4 is 44.4 Å². The third-order valence-corrected chi connectivity index (χ3v) is 9.19. The number of aliphatic carboxylic acids is 1. The fourth-order valence-corrected chi connectivity index (χ4v) is 6.55. The summed E-state index contributed by atoms with van der Waals surface area (Å²) in [5.74, 6) is -6.03. The summed E-state index contributed by atoms with van der Waals surface area (Å²) in [7, 11) is -4.04. The van der Waals surface area contributed by atoms with Crippen LogP contribution < -0.4 is 14.9 Å². The SMILES string of the molecule is O=C(O)C(F)(F)F.O=C(c1c(F)ccc(NS(=O)(=O)N2CCCC2)c1F)c1c[nH]c2ncc(-c3ccc(N4CCNCC4)cc3)cc12. The number of carboxylic acids is 1. The molecule has 0 radical (unpaired) electrons. The van der Waals surface area contributed by atoms with Crippen molar-refractivity contribution in [1.82, 2.24) is 19.6 Å². The summed E-state index contributed by atoms with van der Waals surface area (Å²) >= 11 is 0. The molecule has 47 heavy (non-hydrogen) atoms. The average molecular weight is 681 g/mol. The number of hydrogen-bond donors (Lipinski definition) is 4. The van der Waals surface area contributed by atoms with Gasteiger partial charge in [-0.3, -0.25) is 9.52 Å². The maximum absolute atomic E-state index is 15.5. The fraction of sp³-hybridized carbons (Fsp3) is 0.300. The van der Waals surface area contributed by atoms with Crippen molar-refractivity contribution in [3.63, 3.8) is 0 Å². The molecule has 6 rings (SSSR count). The number of pyridine rings is 1. The van der Waals surface area contributed by atoms with Gasteiger partial charge in [-0.1, -0.05) is 12.1 Å². The summed E-state index contributed by atoms with van der Waals surface area (Å²) in [6.45, 7) is 4.34. The van der Waals surface area contributed by atoms with Crippen LogP contribution in [0.4, 0.5) is 33.3 Å². The maximum Gasteiger partial charge on any atom is 0.490 e. The Morgan fingerprint density at radius 1 is 0.936 bits per heavy atom. The third kappa shape index (κ3) is 7.52. The molecule has 0 atom stereocenters. The van der Waals surface area contributed by atoms with E-state index < -0.39 is 51.0 Å². The molecule has 2 aliphatic rings. The van der Waals surface area contributed by atoms with Gasteiger partial charge in [0, 0.05) is 73.9 Å². The van der Waals surface area contributed by atoms with Gasteiger partial charge >= 0.3 is 22.4 Å². The largest absolute Gasteiger partial charge is 0.490 e. The predicted octanol–water partition coefficient (Wildman–Crippen LogP) is 4.53. The molecular weight excluding hydrogens is 651 g/mol. The van der Waals surface area contributed by atoms with E-state index in [0.29, 0.717) is 37.0 Å². The number of piperazine rings is 1. The zero-order chi connectivity index (χ0) is 33.9. The number of carbonyl (C=O) groups is 2. The summed E-state index contributed by atoms with van der Waals surface area (Å²) < 4.78 is 90.8. The van der Waals surface area contributed by atoms with Crippen LogP contribution in [0.15, 0.2) is 54.9 Å². The van der Waals surface area contributed by atoms with Crippen molar-refractivity contribution in [3.8, 4) is 11.1 Å². The molecule has 0 spiro atoms. The Morgan fingerprint density at radius 3 is 2.19 bits per heavy atom. The van der Waals surface area contributed by atoms with E-state index in [9.17, 15) is 30.8 Å². The first-order valence-electron chi connectivity index (χ1n) is 14.4. The van der Waals surface area contributed by atoms with Crippen LogP contribution in [0, 0.1) is 11.6 Å². The van der Waals surface area contributed by atoms with Gasteiger partial charge in [0.15, 0.2) is 5.82 Å². The van der Waals surface area contributed by atoms with Gasteiger partial charge in [0.2, 0.25) is 5.78 Å². The number of fused-ring (bicyclic) bond motifs is 1. The molecule has 0 aliphatic carbocycles. The average Bonchev–Trinajstić information content (AvgIpc) is 3.74. The number of nitrogens with zero attached hydrogens (tertiary/aromatic N) is 3. The summed E-state index contributed by atoms with van der Waals surface area (Å²) in [6, 6.07) is 11.6. The van der Waals surface area contributed by atoms with Crippen LogP contribution in [0.5, 0.6) is 0 Å². The summed E-state index contributed by atoms with van der Waals surface area (Å²) in [5.41, 5.74) is 1.82. The molecule has 2 saturated heterocycles. The standard InChI is InChI=1S/C28H28F2N6O3S.C2HF3O2/c29-23-7-8-24(34-40(38,39)36-11-1-2-12-36)26(30)25(23)27(37)22-17-33-28-21(22)15-19(16-32-28)18-3-5-20(6-4-18)35-13-9-31-10-14-35;3-2(4,5)1(6)7/h3-8,15-17,31,34H,1-2,9-14H2,(H,32,33);(H,6,7). The number of H-pyrrole nitrogens is 1. The minimum absolute atomic E-state index is 0.0270. The molecule has 0 bridgehead atoms. The first kappa shape index (κ1) is 33.7. The highest BCUT2D eigenvalue weighted by atomic mass is 32.2. The van der Waals surface area contributed by atoms with Gasteiger partial charge in [0.25, 0.3) is 0 Å². The highest BCUT2D eigenvalue weighted by Gasteiger charge is 2.38. The fourth-order valence-electron chi connectivity index (χ4n) is 5.24. The Labute approximate surface area is 265 Å². The van der Waals surface area contributed by atoms with E-state index in [-0.39, 0.29) is 5.56 Å². The van der Waals surface area contributed by atoms with Crippen molar-refractivity contribution < 1.29 is 45.1 Å². The minimum Gasteiger partial charge on any atom is -0.475 e. The van der Waals surface area contributed by atoms with Crippen LogP contribution in [-0.2, 0) is 15.0 Å². The van der Waals surface area contributed by atoms with E-state index >= 15 is 4.39 Å². The molecule has 2 fully saturated rings. The van der Waals surface area contributed by atoms with Crippen LogP contribution in [0.2, 0.25) is 0 Å². The van der Waals surface area contributed by atoms with E-state index in [1.807, 2.05) is 24.3 Å². The molecule has 0 amide bonds. The van der Waals surface area contributed by atoms with Crippen molar-refractivity contribution in [2.24, 2.45) is 0 Å². The number of hydrogen-bond acceptors (Lipinski definition) is 7. The molecule has 11 nitrogen and oxygen atoms in total. The highest BCUT2D eigenvalue weighted by molar-refractivity contribution is 7.90. The lowest BCUT2D eigenvalue weighted by Gasteiger charge is -2.29. The van der Waals surface area contributed by atoms with Gasteiger partial charge in [-0.15, -0.1) is 0 Å². The third-order valence-electron chi connectivity index (χ3n) is 7.66. The molecule has 2 aromatic carbocycles. The minimum atomic E-state index is -5.08. The van der Waals surface area contributed by atoms with Crippen molar-refractivity contribution in [2.75, 3.05) is 48.9 Å². The number of anilines is 2. The van der Waals surface area contributed by atoms with Gasteiger partial charge < -0.3 is 20.3 Å². The van der Waals surface area contributed by atoms with Crippen molar-refractivity contribution in [3.05, 3.63) is 77.6 Å². The molecule has 2 aliphatic heterocycles. The number of aromatic amines is 1. The summed E-state index contributed by atoms with van der Waals surface area (Å²) in [5, 5.41) is 10.9. The van der Waals surface area contributed by atoms with Crippen LogP contribution >= 0.6 is 0 Å². The Kier molecular flexibility index (Phi) is 9.78. The van der Waals surface area contributed by atoms with Crippen molar-refractivity contribution in [1.29, 1.82) is 0 Å². The van der Waals surface area contributed by atoms with E-state index in [0.717, 1.165) is 55.1 Å². The van der Waals surface area contributed by atoms with E-state index in [4.69, 9.17) is 9.90 Å². The molecule has 2 aromatic heterocycles. The monoisotopic (exact) mass is 680 g/mol. The maximum atomic E-state index is 15.5. The summed E-state index contributed by atoms with van der Waals surface area (Å²) in [6.07, 6.45) is -0.653. The van der Waals surface area contributed by atoms with Crippen LogP contribution in [0.1, 0.15) is 28.8 Å². The first-order valence-corrected chi connectivity index (χ1v) is 15.8. The van der Waals surface area contributed by atoms with Gasteiger partial charge in [0.1, 0.15) is 11.5 Å². The summed E-state index contributed by atoms with van der Waals surface area (Å²) in [4.78, 5) is 32.0. The number of benzene rings is 2. The van der Waals surface area contributed by atoms with Gasteiger partial charge in [-0.05, 0) is 48.7 Å². The Hall–Kier alpha value is -4.61. The van der Waals surface area contributed by atoms with Crippen LogP contribution in [0.25, 0.3) is 22.2 Å². The lowest BCUT2D eigenvalue weighted by atomic mass is 9.99. The quantitative estimate of drug-likeness (QED) is 0.165. The molecule has 250 valence electrons. The van der Waals surface area contributed by atoms with Crippen molar-refractivity contribution in [2.45, 2.75) is 19.0 Å². The number of nitrogens with one attached hydrogen (secondary N) is 3. The van der Waals surface area contributed by atoms with E-state index in [1.165, 1.54) is 10.5 Å². The lowest BCUT2D eigenvalue weighted by Crippen LogP contribution is -2.43. The smallest absolute Gasteiger partial charge is 0.475 e. The molecular formula is C30H29F5N6O5S. The second-order valence-electron chi connectivity index (χ2n) is 10.7. The van der Waals surface area contributed by atoms with Crippen LogP contribution in [0.3, 0.4) is 0 Å². The predicted molar refractivity (Wildman–Crippen MR) is 163 cm³/mol. The van der Waals surface area contributed by atoms with Gasteiger partial charge in [0.05, 0.1) is 11.3 Å². The normalized spacial score (nSPS) is 15.7. The number of carboxylic acid groups (broad SMARTS) is 1. The molecule has 4 N–H and O–H groups in total. The number of alkyl halides is 3. The molecule has 4 heterocycles.